The van der Waals surface area contributed by atoms with Crippen LogP contribution in [0.25, 0.3) is 22.0 Å². The summed E-state index contributed by atoms with van der Waals surface area (Å²) < 4.78 is 14.0. The van der Waals surface area contributed by atoms with Gasteiger partial charge in [0.1, 0.15) is 17.1 Å². The lowest BCUT2D eigenvalue weighted by Gasteiger charge is -2.29. The molecule has 6 nitrogen and oxygen atoms in total. The van der Waals surface area contributed by atoms with Crippen molar-refractivity contribution in [3.05, 3.63) is 41.7 Å². The van der Waals surface area contributed by atoms with Crippen LogP contribution >= 0.6 is 24.4 Å². The molecule has 1 saturated heterocycles. The van der Waals surface area contributed by atoms with Crippen LogP contribution in [0.4, 0.5) is 11.5 Å². The maximum atomic E-state index is 6.22. The van der Waals surface area contributed by atoms with Gasteiger partial charge in [-0.1, -0.05) is 24.9 Å². The molecule has 1 aromatic heterocycles. The number of fused-ring (bicyclic) bond motifs is 1. The lowest BCUT2D eigenvalue weighted by atomic mass is 10.0. The van der Waals surface area contributed by atoms with E-state index < -0.39 is 0 Å². The molecule has 1 aliphatic heterocycles. The van der Waals surface area contributed by atoms with Gasteiger partial charge >= 0.3 is 0 Å². The van der Waals surface area contributed by atoms with Crippen LogP contribution in [-0.2, 0) is 4.74 Å². The summed E-state index contributed by atoms with van der Waals surface area (Å²) in [6.07, 6.45) is 0. The van der Waals surface area contributed by atoms with Crippen LogP contribution in [0.3, 0.4) is 0 Å². The standard InChI is InChI=1S/C19H19ClN4O2S/c1-25-16-11-13(12-3-2-4-14(9-12)23-27)10-15-17(16)21-19(20)22-18(15)24-5-7-26-8-6-24/h2-4,9-11,23,27H,5-8H2,1H3. The molecule has 0 bridgehead atoms. The van der Waals surface area contributed by atoms with Crippen molar-refractivity contribution in [3.63, 3.8) is 0 Å². The van der Waals surface area contributed by atoms with Crippen molar-refractivity contribution < 1.29 is 9.47 Å². The number of ether oxygens (including phenoxy) is 2. The van der Waals surface area contributed by atoms with Crippen LogP contribution in [0, 0.1) is 0 Å². The summed E-state index contributed by atoms with van der Waals surface area (Å²) in [7, 11) is 1.63. The second kappa shape index (κ2) is 7.80. The zero-order valence-electron chi connectivity index (χ0n) is 14.8. The van der Waals surface area contributed by atoms with Crippen molar-refractivity contribution in [3.8, 4) is 16.9 Å². The maximum Gasteiger partial charge on any atom is 0.225 e. The van der Waals surface area contributed by atoms with Crippen LogP contribution in [0.2, 0.25) is 5.28 Å². The summed E-state index contributed by atoms with van der Waals surface area (Å²) in [5, 5.41) is 1.11. The number of thiol groups is 1. The van der Waals surface area contributed by atoms with E-state index in [1.807, 2.05) is 30.3 Å². The highest BCUT2D eigenvalue weighted by molar-refractivity contribution is 7.81. The van der Waals surface area contributed by atoms with Gasteiger partial charge in [-0.15, -0.1) is 0 Å². The lowest BCUT2D eigenvalue weighted by molar-refractivity contribution is 0.122. The SMILES string of the molecule is COc1cc(-c2cccc(NS)c2)cc2c(N3CCOCC3)nc(Cl)nc12. The smallest absolute Gasteiger partial charge is 0.225 e. The summed E-state index contributed by atoms with van der Waals surface area (Å²) in [6, 6.07) is 12.0. The number of hydrogen-bond acceptors (Lipinski definition) is 7. The molecule has 140 valence electrons. The topological polar surface area (TPSA) is 59.5 Å². The number of rotatable bonds is 4. The number of nitrogens with one attached hydrogen (secondary N) is 1. The van der Waals surface area contributed by atoms with Crippen molar-refractivity contribution in [2.75, 3.05) is 43.0 Å². The van der Waals surface area contributed by atoms with Gasteiger partial charge in [0.25, 0.3) is 0 Å². The molecule has 0 radical (unpaired) electrons. The van der Waals surface area contributed by atoms with Gasteiger partial charge in [0.2, 0.25) is 5.28 Å². The van der Waals surface area contributed by atoms with Crippen molar-refractivity contribution in [2.45, 2.75) is 0 Å². The molecule has 1 N–H and O–H groups in total. The molecule has 0 spiro atoms. The highest BCUT2D eigenvalue weighted by Crippen LogP contribution is 2.37. The van der Waals surface area contributed by atoms with E-state index in [2.05, 4.69) is 38.5 Å². The molecular formula is C19H19ClN4O2S. The Morgan fingerprint density at radius 2 is 1.96 bits per heavy atom. The van der Waals surface area contributed by atoms with Crippen LogP contribution in [0.1, 0.15) is 0 Å². The fourth-order valence-electron chi connectivity index (χ4n) is 3.27. The van der Waals surface area contributed by atoms with Gasteiger partial charge in [-0.25, -0.2) is 4.98 Å². The predicted octanol–water partition coefficient (Wildman–Crippen LogP) is 4.05. The van der Waals surface area contributed by atoms with E-state index in [-0.39, 0.29) is 5.28 Å². The van der Waals surface area contributed by atoms with E-state index in [1.165, 1.54) is 0 Å². The Balaban J connectivity index is 1.93. The summed E-state index contributed by atoms with van der Waals surface area (Å²) in [4.78, 5) is 11.1. The molecule has 8 heteroatoms. The van der Waals surface area contributed by atoms with Gasteiger partial charge in [0.05, 0.1) is 20.3 Å². The molecule has 0 amide bonds. The predicted molar refractivity (Wildman–Crippen MR) is 112 cm³/mol. The number of hydrogen-bond donors (Lipinski definition) is 2. The second-order valence-corrected chi connectivity index (χ2v) is 6.74. The first-order valence-electron chi connectivity index (χ1n) is 8.58. The molecule has 2 heterocycles. The average Bonchev–Trinajstić information content (AvgIpc) is 2.73. The van der Waals surface area contributed by atoms with Crippen LogP contribution in [0.5, 0.6) is 5.75 Å². The largest absolute Gasteiger partial charge is 0.494 e. The molecule has 0 saturated carbocycles. The lowest BCUT2D eigenvalue weighted by Crippen LogP contribution is -2.37. The minimum Gasteiger partial charge on any atom is -0.494 e. The Kier molecular flexibility index (Phi) is 5.24. The number of aromatic nitrogens is 2. The molecule has 3 aromatic rings. The Hall–Kier alpha value is -2.22. The summed E-state index contributed by atoms with van der Waals surface area (Å²) in [6.45, 7) is 2.84. The van der Waals surface area contributed by atoms with E-state index in [4.69, 9.17) is 21.1 Å². The number of morpholine rings is 1. The zero-order chi connectivity index (χ0) is 18.8. The number of benzene rings is 2. The average molecular weight is 403 g/mol. The van der Waals surface area contributed by atoms with Crippen LogP contribution in [0.15, 0.2) is 36.4 Å². The molecule has 2 aromatic carbocycles. The number of halogens is 1. The van der Waals surface area contributed by atoms with Gasteiger partial charge in [0, 0.05) is 24.2 Å². The molecular weight excluding hydrogens is 384 g/mol. The number of anilines is 2. The van der Waals surface area contributed by atoms with Gasteiger partial charge in [-0.3, -0.25) is 0 Å². The highest BCUT2D eigenvalue weighted by atomic mass is 35.5. The first-order chi connectivity index (χ1) is 13.2. The minimum atomic E-state index is 0.205. The third kappa shape index (κ3) is 3.63. The Morgan fingerprint density at radius 3 is 2.70 bits per heavy atom. The fraction of sp³-hybridized carbons (Fsp3) is 0.263. The first-order valence-corrected chi connectivity index (χ1v) is 9.40. The first kappa shape index (κ1) is 18.2. The number of methoxy groups -OCH3 is 1. The molecule has 1 fully saturated rings. The van der Waals surface area contributed by atoms with E-state index in [0.29, 0.717) is 24.5 Å². The third-order valence-corrected chi connectivity index (χ3v) is 5.00. The quantitative estimate of drug-likeness (QED) is 0.507. The Morgan fingerprint density at radius 1 is 1.15 bits per heavy atom. The van der Waals surface area contributed by atoms with Crippen molar-refractivity contribution in [1.82, 2.24) is 9.97 Å². The van der Waals surface area contributed by atoms with E-state index in [0.717, 1.165) is 41.1 Å². The Labute approximate surface area is 168 Å². The summed E-state index contributed by atoms with van der Waals surface area (Å²) >= 11 is 10.4. The van der Waals surface area contributed by atoms with Gasteiger partial charge < -0.3 is 19.1 Å². The maximum absolute atomic E-state index is 6.22. The summed E-state index contributed by atoms with van der Waals surface area (Å²) in [5.74, 6) is 1.46. The summed E-state index contributed by atoms with van der Waals surface area (Å²) in [5.41, 5.74) is 3.66. The van der Waals surface area contributed by atoms with E-state index >= 15 is 0 Å². The Bertz CT molecular complexity index is 979. The minimum absolute atomic E-state index is 0.205. The molecule has 0 atom stereocenters. The monoisotopic (exact) mass is 402 g/mol. The fourth-order valence-corrected chi connectivity index (χ4v) is 3.57. The second-order valence-electron chi connectivity index (χ2n) is 6.18. The molecule has 0 unspecified atom stereocenters. The molecule has 0 aliphatic carbocycles. The van der Waals surface area contributed by atoms with E-state index in [9.17, 15) is 0 Å². The van der Waals surface area contributed by atoms with Crippen LogP contribution in [-0.4, -0.2) is 43.4 Å². The van der Waals surface area contributed by atoms with Gasteiger partial charge in [-0.2, -0.15) is 4.98 Å². The molecule has 27 heavy (non-hydrogen) atoms. The highest BCUT2D eigenvalue weighted by Gasteiger charge is 2.20. The van der Waals surface area contributed by atoms with Crippen LogP contribution < -0.4 is 14.4 Å². The zero-order valence-corrected chi connectivity index (χ0v) is 16.4. The van der Waals surface area contributed by atoms with Crippen molar-refractivity contribution >= 4 is 46.8 Å². The van der Waals surface area contributed by atoms with E-state index in [1.54, 1.807) is 7.11 Å². The van der Waals surface area contributed by atoms with Gasteiger partial charge in [-0.05, 0) is 47.0 Å². The van der Waals surface area contributed by atoms with Crippen molar-refractivity contribution in [2.24, 2.45) is 0 Å². The third-order valence-electron chi connectivity index (χ3n) is 4.57. The van der Waals surface area contributed by atoms with Crippen molar-refractivity contribution in [1.29, 1.82) is 0 Å². The molecule has 4 rings (SSSR count). The van der Waals surface area contributed by atoms with Gasteiger partial charge in [0.15, 0.2) is 0 Å². The normalized spacial score (nSPS) is 14.4. The number of nitrogens with zero attached hydrogens (tertiary/aromatic N) is 3. The molecule has 1 aliphatic rings.